The Bertz CT molecular complexity index is 359. The first-order chi connectivity index (χ1) is 8.88. The second-order valence-corrected chi connectivity index (χ2v) is 5.75. The van der Waals surface area contributed by atoms with Crippen LogP contribution >= 0.6 is 0 Å². The van der Waals surface area contributed by atoms with Crippen molar-refractivity contribution in [3.8, 4) is 0 Å². The number of aliphatic hydroxyl groups is 1. The lowest BCUT2D eigenvalue weighted by molar-refractivity contribution is -0.146. The van der Waals surface area contributed by atoms with Gasteiger partial charge in [-0.1, -0.05) is 32.4 Å². The van der Waals surface area contributed by atoms with Crippen molar-refractivity contribution in [2.24, 2.45) is 11.8 Å². The van der Waals surface area contributed by atoms with Gasteiger partial charge in [0.1, 0.15) is 6.10 Å². The van der Waals surface area contributed by atoms with Crippen molar-refractivity contribution >= 4 is 5.97 Å². The summed E-state index contributed by atoms with van der Waals surface area (Å²) in [5.74, 6) is -0.320. The second-order valence-electron chi connectivity index (χ2n) is 5.75. The third-order valence-electron chi connectivity index (χ3n) is 3.90. The van der Waals surface area contributed by atoms with Crippen molar-refractivity contribution in [2.45, 2.75) is 58.7 Å². The Hall–Kier alpha value is -1.09. The van der Waals surface area contributed by atoms with Crippen LogP contribution in [0.5, 0.6) is 0 Å². The molecule has 1 saturated heterocycles. The molecule has 0 aromatic carbocycles. The molecular formula is C16H26O3. The summed E-state index contributed by atoms with van der Waals surface area (Å²) in [6.07, 6.45) is 2.47. The molecule has 1 heterocycles. The fourth-order valence-corrected chi connectivity index (χ4v) is 2.63. The number of hydrogen-bond donors (Lipinski definition) is 1. The summed E-state index contributed by atoms with van der Waals surface area (Å²) in [5.41, 5.74) is 1.57. The molecule has 0 aliphatic carbocycles. The zero-order valence-corrected chi connectivity index (χ0v) is 12.3. The smallest absolute Gasteiger partial charge is 0.334 e. The molecule has 0 aromatic heterocycles. The van der Waals surface area contributed by atoms with Crippen molar-refractivity contribution in [1.29, 1.82) is 0 Å². The minimum absolute atomic E-state index is 0.0847. The van der Waals surface area contributed by atoms with Crippen molar-refractivity contribution in [3.05, 3.63) is 24.3 Å². The van der Waals surface area contributed by atoms with Gasteiger partial charge in [0.05, 0.1) is 6.10 Å². The summed E-state index contributed by atoms with van der Waals surface area (Å²) in [4.78, 5) is 11.7. The molecule has 1 N–H and O–H groups in total. The molecule has 1 fully saturated rings. The van der Waals surface area contributed by atoms with Gasteiger partial charge in [-0.15, -0.1) is 6.58 Å². The molecule has 0 saturated carbocycles. The van der Waals surface area contributed by atoms with E-state index in [-0.39, 0.29) is 17.8 Å². The van der Waals surface area contributed by atoms with Crippen molar-refractivity contribution in [3.63, 3.8) is 0 Å². The van der Waals surface area contributed by atoms with E-state index in [0.29, 0.717) is 5.57 Å². The average molecular weight is 266 g/mol. The van der Waals surface area contributed by atoms with Gasteiger partial charge in [-0.05, 0) is 32.1 Å². The Morgan fingerprint density at radius 1 is 1.53 bits per heavy atom. The lowest BCUT2D eigenvalue weighted by Gasteiger charge is -2.27. The summed E-state index contributed by atoms with van der Waals surface area (Å²) < 4.78 is 5.33. The largest absolute Gasteiger partial charge is 0.456 e. The molecule has 108 valence electrons. The number of allylic oxidation sites excluding steroid dienone is 1. The molecule has 3 nitrogen and oxygen atoms in total. The lowest BCUT2D eigenvalue weighted by atomic mass is 9.84. The minimum Gasteiger partial charge on any atom is -0.456 e. The number of cyclic esters (lactones) is 1. The molecular weight excluding hydrogens is 240 g/mol. The highest BCUT2D eigenvalue weighted by molar-refractivity contribution is 5.90. The number of rotatable bonds is 7. The summed E-state index contributed by atoms with van der Waals surface area (Å²) in [5, 5.41) is 10.4. The van der Waals surface area contributed by atoms with Gasteiger partial charge < -0.3 is 9.84 Å². The van der Waals surface area contributed by atoms with E-state index in [4.69, 9.17) is 4.74 Å². The third kappa shape index (κ3) is 3.93. The van der Waals surface area contributed by atoms with E-state index in [0.717, 1.165) is 31.3 Å². The Kier molecular flexibility index (Phi) is 5.80. The molecule has 1 rings (SSSR count). The van der Waals surface area contributed by atoms with E-state index in [1.165, 1.54) is 0 Å². The van der Waals surface area contributed by atoms with Gasteiger partial charge >= 0.3 is 5.97 Å². The van der Waals surface area contributed by atoms with E-state index in [2.05, 4.69) is 20.1 Å². The topological polar surface area (TPSA) is 46.5 Å². The molecule has 3 heteroatoms. The van der Waals surface area contributed by atoms with E-state index in [9.17, 15) is 9.90 Å². The van der Waals surface area contributed by atoms with Crippen LogP contribution in [0.4, 0.5) is 0 Å². The molecule has 1 aliphatic heterocycles. The van der Waals surface area contributed by atoms with E-state index >= 15 is 0 Å². The van der Waals surface area contributed by atoms with Crippen LogP contribution in [-0.4, -0.2) is 23.3 Å². The first-order valence-electron chi connectivity index (χ1n) is 7.10. The Morgan fingerprint density at radius 2 is 2.16 bits per heavy atom. The highest BCUT2D eigenvalue weighted by Crippen LogP contribution is 2.35. The van der Waals surface area contributed by atoms with Crippen LogP contribution in [0.3, 0.4) is 0 Å². The second kappa shape index (κ2) is 6.90. The van der Waals surface area contributed by atoms with Gasteiger partial charge in [0.15, 0.2) is 0 Å². The number of carbonyl (C=O) groups excluding carboxylic acids is 1. The third-order valence-corrected chi connectivity index (χ3v) is 3.90. The summed E-state index contributed by atoms with van der Waals surface area (Å²) in [7, 11) is 0. The molecule has 0 radical (unpaired) electrons. The molecule has 0 amide bonds. The molecule has 1 unspecified atom stereocenters. The first-order valence-corrected chi connectivity index (χ1v) is 7.10. The Morgan fingerprint density at radius 3 is 2.68 bits per heavy atom. The normalized spacial score (nSPS) is 26.1. The fourth-order valence-electron chi connectivity index (χ4n) is 2.63. The van der Waals surface area contributed by atoms with Gasteiger partial charge in [0.2, 0.25) is 0 Å². The van der Waals surface area contributed by atoms with Crippen LogP contribution in [0.1, 0.15) is 46.5 Å². The van der Waals surface area contributed by atoms with E-state index in [1.807, 2.05) is 13.8 Å². The highest BCUT2D eigenvalue weighted by Gasteiger charge is 2.43. The summed E-state index contributed by atoms with van der Waals surface area (Å²) in [6, 6.07) is 0. The molecule has 0 spiro atoms. The predicted molar refractivity (Wildman–Crippen MR) is 76.6 cm³/mol. The summed E-state index contributed by atoms with van der Waals surface area (Å²) >= 11 is 0. The zero-order valence-electron chi connectivity index (χ0n) is 12.3. The molecule has 19 heavy (non-hydrogen) atoms. The molecule has 0 aromatic rings. The van der Waals surface area contributed by atoms with Crippen molar-refractivity contribution in [1.82, 2.24) is 0 Å². The van der Waals surface area contributed by atoms with Crippen LogP contribution in [-0.2, 0) is 9.53 Å². The van der Waals surface area contributed by atoms with Gasteiger partial charge in [-0.2, -0.15) is 0 Å². The average Bonchev–Trinajstić information content (AvgIpc) is 2.62. The highest BCUT2D eigenvalue weighted by atomic mass is 16.6. The quantitative estimate of drug-likeness (QED) is 0.437. The van der Waals surface area contributed by atoms with Gasteiger partial charge in [-0.25, -0.2) is 4.79 Å². The standard InChI is InChI=1S/C16H26O3/c1-6-7-11(4)14(17)15-13(9-8-10(2)3)12(5)16(18)19-15/h11,13-15,17H,2,5-9H2,1,3-4H3/t11-,13?,14-,15-/m0/s1. The van der Waals surface area contributed by atoms with Gasteiger partial charge in [0.25, 0.3) is 0 Å². The van der Waals surface area contributed by atoms with Crippen LogP contribution < -0.4 is 0 Å². The number of esters is 1. The number of hydrogen-bond acceptors (Lipinski definition) is 3. The minimum atomic E-state index is -0.613. The predicted octanol–water partition coefficient (Wildman–Crippen LogP) is 3.24. The van der Waals surface area contributed by atoms with Crippen molar-refractivity contribution in [2.75, 3.05) is 0 Å². The number of carbonyl (C=O) groups is 1. The van der Waals surface area contributed by atoms with Crippen LogP contribution in [0.25, 0.3) is 0 Å². The zero-order chi connectivity index (χ0) is 14.6. The Labute approximate surface area is 116 Å². The van der Waals surface area contributed by atoms with Crippen LogP contribution in [0.15, 0.2) is 24.3 Å². The van der Waals surface area contributed by atoms with E-state index < -0.39 is 12.2 Å². The van der Waals surface area contributed by atoms with E-state index in [1.54, 1.807) is 0 Å². The Balaban J connectivity index is 2.75. The van der Waals surface area contributed by atoms with Gasteiger partial charge in [0, 0.05) is 11.5 Å². The molecule has 4 atom stereocenters. The fraction of sp³-hybridized carbons (Fsp3) is 0.688. The number of aliphatic hydroxyl groups excluding tert-OH is 1. The lowest BCUT2D eigenvalue weighted by Crippen LogP contribution is -2.36. The van der Waals surface area contributed by atoms with Crippen LogP contribution in [0, 0.1) is 11.8 Å². The van der Waals surface area contributed by atoms with Gasteiger partial charge in [-0.3, -0.25) is 0 Å². The first kappa shape index (κ1) is 16.0. The molecule has 0 bridgehead atoms. The van der Waals surface area contributed by atoms with Crippen molar-refractivity contribution < 1.29 is 14.6 Å². The maximum Gasteiger partial charge on any atom is 0.334 e. The monoisotopic (exact) mass is 266 g/mol. The SMILES string of the molecule is C=C(C)CCC1C(=C)C(=O)O[C@@H]1[C@@H](O)[C@@H](C)CCC. The molecule has 1 aliphatic rings. The summed E-state index contributed by atoms with van der Waals surface area (Å²) in [6.45, 7) is 13.7. The van der Waals surface area contributed by atoms with Crippen LogP contribution in [0.2, 0.25) is 0 Å². The number of ether oxygens (including phenoxy) is 1. The maximum atomic E-state index is 11.7. The maximum absolute atomic E-state index is 11.7.